The molecule has 1 nitrogen and oxygen atoms in total. The highest BCUT2D eigenvalue weighted by molar-refractivity contribution is 7.27. The smallest absolute Gasteiger partial charge is 0.0726 e. The standard InChI is InChI=1S/C41H29NS/c1-3-4-13-26-24-27(23-22-25(26)2)42-39-33-19-10-6-15-29(33)28-14-5-7-16-30(28)37(39)38-32-18-9-8-17-31(32)36-34-20-11-12-21-35(34)43-41(36)40(38)42/h4-24H,3H2,1-2H3/b13-4-. The second kappa shape index (κ2) is 9.29. The summed E-state index contributed by atoms with van der Waals surface area (Å²) in [5.74, 6) is 0. The van der Waals surface area contributed by atoms with Crippen LogP contribution in [0.5, 0.6) is 0 Å². The van der Waals surface area contributed by atoms with Crippen molar-refractivity contribution in [1.82, 2.24) is 4.57 Å². The van der Waals surface area contributed by atoms with Gasteiger partial charge in [-0.25, -0.2) is 0 Å². The highest BCUT2D eigenvalue weighted by Crippen LogP contribution is 2.50. The summed E-state index contributed by atoms with van der Waals surface area (Å²) >= 11 is 1.93. The molecular formula is C41H29NS. The van der Waals surface area contributed by atoms with E-state index < -0.39 is 0 Å². The van der Waals surface area contributed by atoms with Crippen molar-refractivity contribution >= 4 is 91.7 Å². The lowest BCUT2D eigenvalue weighted by atomic mass is 9.94. The molecule has 0 radical (unpaired) electrons. The Kier molecular flexibility index (Phi) is 5.33. The average Bonchev–Trinajstić information content (AvgIpc) is 3.62. The molecule has 204 valence electrons. The molecule has 43 heavy (non-hydrogen) atoms. The molecule has 0 aliphatic rings. The number of aromatic nitrogens is 1. The number of rotatable bonds is 3. The van der Waals surface area contributed by atoms with E-state index in [4.69, 9.17) is 0 Å². The van der Waals surface area contributed by atoms with Crippen LogP contribution in [0, 0.1) is 6.92 Å². The zero-order valence-corrected chi connectivity index (χ0v) is 25.0. The molecule has 2 heteroatoms. The zero-order valence-electron chi connectivity index (χ0n) is 24.2. The largest absolute Gasteiger partial charge is 0.307 e. The van der Waals surface area contributed by atoms with E-state index in [1.807, 2.05) is 11.3 Å². The third-order valence-corrected chi connectivity index (χ3v) is 10.3. The molecule has 0 saturated carbocycles. The minimum Gasteiger partial charge on any atom is -0.307 e. The summed E-state index contributed by atoms with van der Waals surface area (Å²) in [5.41, 5.74) is 6.36. The van der Waals surface area contributed by atoms with Crippen LogP contribution >= 0.6 is 11.3 Å². The van der Waals surface area contributed by atoms with Gasteiger partial charge in [0.1, 0.15) is 0 Å². The van der Waals surface area contributed by atoms with E-state index in [0.717, 1.165) is 6.42 Å². The first-order chi connectivity index (χ1) is 21.2. The first-order valence-electron chi connectivity index (χ1n) is 15.1. The summed E-state index contributed by atoms with van der Waals surface area (Å²) in [5, 5.41) is 13.2. The molecule has 0 saturated heterocycles. The summed E-state index contributed by atoms with van der Waals surface area (Å²) in [6.45, 7) is 4.41. The van der Waals surface area contributed by atoms with Gasteiger partial charge in [-0.1, -0.05) is 116 Å². The fourth-order valence-corrected chi connectivity index (χ4v) is 8.53. The highest BCUT2D eigenvalue weighted by atomic mass is 32.1. The Hall–Kier alpha value is -4.92. The minimum atomic E-state index is 1.02. The van der Waals surface area contributed by atoms with Gasteiger partial charge in [0, 0.05) is 37.3 Å². The lowest BCUT2D eigenvalue weighted by Gasteiger charge is -2.14. The number of nitrogens with zero attached hydrogens (tertiary/aromatic N) is 1. The van der Waals surface area contributed by atoms with Gasteiger partial charge in [0.05, 0.1) is 15.7 Å². The normalized spacial score (nSPS) is 12.4. The molecule has 0 bridgehead atoms. The Bertz CT molecular complexity index is 2610. The molecule has 0 aliphatic carbocycles. The maximum atomic E-state index is 2.59. The van der Waals surface area contributed by atoms with Crippen molar-refractivity contribution in [2.24, 2.45) is 0 Å². The van der Waals surface area contributed by atoms with E-state index in [9.17, 15) is 0 Å². The molecular weight excluding hydrogens is 539 g/mol. The van der Waals surface area contributed by atoms with E-state index in [-0.39, 0.29) is 0 Å². The Balaban J connectivity index is 1.65. The molecule has 7 aromatic carbocycles. The SMILES string of the molecule is CC/C=C\c1cc(-n2c3c4ccccc4c4ccccc4c3c3c4ccccc4c4c5ccccc5sc4c32)ccc1C. The number of hydrogen-bond donors (Lipinski definition) is 0. The van der Waals surface area contributed by atoms with E-state index in [0.29, 0.717) is 0 Å². The number of thiophene rings is 1. The molecule has 0 amide bonds. The topological polar surface area (TPSA) is 4.93 Å². The fraction of sp³-hybridized carbons (Fsp3) is 0.0732. The van der Waals surface area contributed by atoms with Crippen LogP contribution in [0.3, 0.4) is 0 Å². The van der Waals surface area contributed by atoms with Gasteiger partial charge in [-0.2, -0.15) is 0 Å². The molecule has 0 fully saturated rings. The Morgan fingerprint density at radius 1 is 0.581 bits per heavy atom. The van der Waals surface area contributed by atoms with Gasteiger partial charge < -0.3 is 4.57 Å². The third kappa shape index (κ3) is 3.39. The summed E-state index contributed by atoms with van der Waals surface area (Å²) < 4.78 is 5.27. The highest BCUT2D eigenvalue weighted by Gasteiger charge is 2.24. The van der Waals surface area contributed by atoms with Crippen LogP contribution in [-0.2, 0) is 0 Å². The monoisotopic (exact) mass is 567 g/mol. The zero-order chi connectivity index (χ0) is 28.7. The van der Waals surface area contributed by atoms with Crippen LogP contribution in [0.15, 0.2) is 121 Å². The number of benzene rings is 7. The van der Waals surface area contributed by atoms with Gasteiger partial charge in [-0.3, -0.25) is 0 Å². The molecule has 2 aromatic heterocycles. The van der Waals surface area contributed by atoms with Crippen LogP contribution in [0.1, 0.15) is 24.5 Å². The van der Waals surface area contributed by atoms with E-state index >= 15 is 0 Å². The predicted molar refractivity (Wildman–Crippen MR) is 190 cm³/mol. The van der Waals surface area contributed by atoms with Crippen LogP contribution in [-0.4, -0.2) is 4.57 Å². The molecule has 0 N–H and O–H groups in total. The summed E-state index contributed by atoms with van der Waals surface area (Å²) in [4.78, 5) is 0. The number of fused-ring (bicyclic) bond motifs is 15. The second-order valence-corrected chi connectivity index (χ2v) is 12.6. The van der Waals surface area contributed by atoms with Gasteiger partial charge in [0.25, 0.3) is 0 Å². The first-order valence-corrected chi connectivity index (χ1v) is 15.9. The molecule has 0 unspecified atom stereocenters. The molecule has 9 aromatic rings. The van der Waals surface area contributed by atoms with Crippen LogP contribution in [0.25, 0.3) is 86.1 Å². The van der Waals surface area contributed by atoms with Crippen molar-refractivity contribution in [2.75, 3.05) is 0 Å². The summed E-state index contributed by atoms with van der Waals surface area (Å²) in [6, 6.07) is 42.9. The van der Waals surface area contributed by atoms with E-state index in [1.54, 1.807) is 0 Å². The maximum Gasteiger partial charge on any atom is 0.0726 e. The summed E-state index contributed by atoms with van der Waals surface area (Å²) in [6.07, 6.45) is 5.56. The van der Waals surface area contributed by atoms with Crippen LogP contribution in [0.2, 0.25) is 0 Å². The third-order valence-electron chi connectivity index (χ3n) is 9.17. The maximum absolute atomic E-state index is 2.59. The van der Waals surface area contributed by atoms with Gasteiger partial charge in [-0.15, -0.1) is 11.3 Å². The lowest BCUT2D eigenvalue weighted by Crippen LogP contribution is -1.97. The molecule has 0 spiro atoms. The predicted octanol–water partition coefficient (Wildman–Crippen LogP) is 12.3. The van der Waals surface area contributed by atoms with Crippen LogP contribution < -0.4 is 0 Å². The minimum absolute atomic E-state index is 1.02. The Labute approximate surface area is 253 Å². The van der Waals surface area contributed by atoms with E-state index in [2.05, 4.69) is 146 Å². The molecule has 0 atom stereocenters. The second-order valence-electron chi connectivity index (χ2n) is 11.6. The van der Waals surface area contributed by atoms with Crippen molar-refractivity contribution in [1.29, 1.82) is 0 Å². The van der Waals surface area contributed by atoms with Crippen molar-refractivity contribution in [2.45, 2.75) is 20.3 Å². The molecule has 0 aliphatic heterocycles. The van der Waals surface area contributed by atoms with Gasteiger partial charge >= 0.3 is 0 Å². The number of aryl methyl sites for hydroxylation is 1. The quantitative estimate of drug-likeness (QED) is 0.187. The van der Waals surface area contributed by atoms with Gasteiger partial charge in [-0.05, 0) is 69.6 Å². The van der Waals surface area contributed by atoms with Crippen molar-refractivity contribution in [3.05, 3.63) is 132 Å². The first kappa shape index (κ1) is 24.7. The molecule has 2 heterocycles. The molecule has 9 rings (SSSR count). The number of hydrogen-bond acceptors (Lipinski definition) is 1. The lowest BCUT2D eigenvalue weighted by molar-refractivity contribution is 1.18. The van der Waals surface area contributed by atoms with Crippen molar-refractivity contribution < 1.29 is 0 Å². The van der Waals surface area contributed by atoms with Crippen molar-refractivity contribution in [3.8, 4) is 5.69 Å². The summed E-state index contributed by atoms with van der Waals surface area (Å²) in [7, 11) is 0. The van der Waals surface area contributed by atoms with Crippen molar-refractivity contribution in [3.63, 3.8) is 0 Å². The Morgan fingerprint density at radius 2 is 1.14 bits per heavy atom. The van der Waals surface area contributed by atoms with Gasteiger partial charge in [0.2, 0.25) is 0 Å². The van der Waals surface area contributed by atoms with Gasteiger partial charge in [0.15, 0.2) is 0 Å². The number of allylic oxidation sites excluding steroid dienone is 1. The van der Waals surface area contributed by atoms with Crippen LogP contribution in [0.4, 0.5) is 0 Å². The average molecular weight is 568 g/mol. The Morgan fingerprint density at radius 3 is 1.86 bits per heavy atom. The fourth-order valence-electron chi connectivity index (χ4n) is 7.28. The van der Waals surface area contributed by atoms with E-state index in [1.165, 1.54) is 91.1 Å².